The van der Waals surface area contributed by atoms with Gasteiger partial charge in [-0.3, -0.25) is 0 Å². The molecule has 0 aliphatic heterocycles. The standard InChI is InChI=1S/C12H14N2O3S/c13-9-2-1-3-11(6-9)17-7-10(15)8-18-12-14-4-5-16-12/h1-6,10,15H,7-8,13H2. The molecule has 0 spiro atoms. The molecule has 6 heteroatoms. The summed E-state index contributed by atoms with van der Waals surface area (Å²) in [6, 6.07) is 7.10. The molecule has 5 nitrogen and oxygen atoms in total. The first-order chi connectivity index (χ1) is 8.74. The Balaban J connectivity index is 1.73. The Labute approximate surface area is 109 Å². The van der Waals surface area contributed by atoms with Gasteiger partial charge in [0.15, 0.2) is 0 Å². The molecular weight excluding hydrogens is 252 g/mol. The Morgan fingerprint density at radius 3 is 3.11 bits per heavy atom. The molecule has 96 valence electrons. The van der Waals surface area contributed by atoms with Crippen LogP contribution in [0.15, 0.2) is 46.4 Å². The molecule has 3 N–H and O–H groups in total. The number of oxazole rings is 1. The maximum absolute atomic E-state index is 9.73. The van der Waals surface area contributed by atoms with Crippen LogP contribution >= 0.6 is 11.8 Å². The fourth-order valence-electron chi connectivity index (χ4n) is 1.29. The van der Waals surface area contributed by atoms with Crippen molar-refractivity contribution in [1.82, 2.24) is 4.98 Å². The van der Waals surface area contributed by atoms with E-state index < -0.39 is 6.10 Å². The van der Waals surface area contributed by atoms with Gasteiger partial charge in [-0.2, -0.15) is 0 Å². The summed E-state index contributed by atoms with van der Waals surface area (Å²) < 4.78 is 10.5. The van der Waals surface area contributed by atoms with Gasteiger partial charge < -0.3 is 20.0 Å². The predicted molar refractivity (Wildman–Crippen MR) is 69.6 cm³/mol. The number of hydrogen-bond acceptors (Lipinski definition) is 6. The van der Waals surface area contributed by atoms with Crippen molar-refractivity contribution in [3.63, 3.8) is 0 Å². The summed E-state index contributed by atoms with van der Waals surface area (Å²) in [5.41, 5.74) is 6.26. The normalized spacial score (nSPS) is 12.3. The molecule has 0 aliphatic carbocycles. The quantitative estimate of drug-likeness (QED) is 0.613. The van der Waals surface area contributed by atoms with Gasteiger partial charge in [-0.05, 0) is 12.1 Å². The topological polar surface area (TPSA) is 81.5 Å². The number of aromatic nitrogens is 1. The fourth-order valence-corrected chi connectivity index (χ4v) is 1.98. The number of nitrogens with zero attached hydrogens (tertiary/aromatic N) is 1. The van der Waals surface area contributed by atoms with E-state index in [1.807, 2.05) is 0 Å². The Morgan fingerprint density at radius 2 is 2.39 bits per heavy atom. The molecule has 1 unspecified atom stereocenters. The van der Waals surface area contributed by atoms with Crippen molar-refractivity contribution in [3.05, 3.63) is 36.7 Å². The first-order valence-electron chi connectivity index (χ1n) is 5.43. The third-order valence-electron chi connectivity index (χ3n) is 2.11. The molecule has 2 rings (SSSR count). The summed E-state index contributed by atoms with van der Waals surface area (Å²) in [6.45, 7) is 0.206. The lowest BCUT2D eigenvalue weighted by molar-refractivity contribution is 0.126. The smallest absolute Gasteiger partial charge is 0.255 e. The molecule has 1 atom stereocenters. The van der Waals surface area contributed by atoms with Crippen molar-refractivity contribution in [3.8, 4) is 5.75 Å². The first-order valence-corrected chi connectivity index (χ1v) is 6.41. The van der Waals surface area contributed by atoms with E-state index in [4.69, 9.17) is 14.9 Å². The van der Waals surface area contributed by atoms with Crippen LogP contribution in [-0.2, 0) is 0 Å². The van der Waals surface area contributed by atoms with Gasteiger partial charge in [-0.25, -0.2) is 4.98 Å². The minimum Gasteiger partial charge on any atom is -0.491 e. The molecule has 0 radical (unpaired) electrons. The molecule has 0 bridgehead atoms. The highest BCUT2D eigenvalue weighted by Gasteiger charge is 2.08. The summed E-state index contributed by atoms with van der Waals surface area (Å²) >= 11 is 1.34. The van der Waals surface area contributed by atoms with Crippen LogP contribution in [0.25, 0.3) is 0 Å². The Bertz CT molecular complexity index is 476. The highest BCUT2D eigenvalue weighted by Crippen LogP contribution is 2.17. The Hall–Kier alpha value is -1.66. The second-order valence-corrected chi connectivity index (χ2v) is 4.62. The van der Waals surface area contributed by atoms with Gasteiger partial charge >= 0.3 is 0 Å². The maximum Gasteiger partial charge on any atom is 0.255 e. The van der Waals surface area contributed by atoms with Crippen molar-refractivity contribution in [2.24, 2.45) is 0 Å². The van der Waals surface area contributed by atoms with Crippen molar-refractivity contribution < 1.29 is 14.3 Å². The fraction of sp³-hybridized carbons (Fsp3) is 0.250. The van der Waals surface area contributed by atoms with E-state index in [0.29, 0.717) is 22.4 Å². The van der Waals surface area contributed by atoms with Crippen molar-refractivity contribution in [1.29, 1.82) is 0 Å². The number of ether oxygens (including phenoxy) is 1. The van der Waals surface area contributed by atoms with Crippen LogP contribution in [0.4, 0.5) is 5.69 Å². The average Bonchev–Trinajstić information content (AvgIpc) is 2.87. The number of benzene rings is 1. The van der Waals surface area contributed by atoms with E-state index in [9.17, 15) is 5.11 Å². The summed E-state index contributed by atoms with van der Waals surface area (Å²) in [5.74, 6) is 1.11. The number of rotatable bonds is 6. The lowest BCUT2D eigenvalue weighted by atomic mass is 10.3. The van der Waals surface area contributed by atoms with Crippen molar-refractivity contribution in [2.75, 3.05) is 18.1 Å². The zero-order chi connectivity index (χ0) is 12.8. The van der Waals surface area contributed by atoms with Crippen LogP contribution in [0, 0.1) is 0 Å². The van der Waals surface area contributed by atoms with E-state index in [-0.39, 0.29) is 6.61 Å². The molecule has 2 aromatic rings. The number of nitrogen functional groups attached to an aromatic ring is 1. The third kappa shape index (κ3) is 3.97. The number of anilines is 1. The number of thioether (sulfide) groups is 1. The van der Waals surface area contributed by atoms with E-state index in [2.05, 4.69) is 4.98 Å². The van der Waals surface area contributed by atoms with E-state index in [0.717, 1.165) is 0 Å². The molecule has 0 fully saturated rings. The lowest BCUT2D eigenvalue weighted by Crippen LogP contribution is -2.20. The zero-order valence-electron chi connectivity index (χ0n) is 9.65. The average molecular weight is 266 g/mol. The van der Waals surface area contributed by atoms with Gasteiger partial charge in [0.2, 0.25) is 0 Å². The van der Waals surface area contributed by atoms with E-state index >= 15 is 0 Å². The predicted octanol–water partition coefficient (Wildman–Crippen LogP) is 1.79. The minimum absolute atomic E-state index is 0.206. The SMILES string of the molecule is Nc1cccc(OCC(O)CSc2ncco2)c1. The van der Waals surface area contributed by atoms with E-state index in [1.165, 1.54) is 18.0 Å². The first kappa shape index (κ1) is 12.8. The summed E-state index contributed by atoms with van der Waals surface area (Å²) in [6.07, 6.45) is 2.47. The number of hydrogen-bond donors (Lipinski definition) is 2. The summed E-state index contributed by atoms with van der Waals surface area (Å²) in [7, 11) is 0. The summed E-state index contributed by atoms with van der Waals surface area (Å²) in [4.78, 5) is 3.95. The minimum atomic E-state index is -0.594. The number of aliphatic hydroxyl groups is 1. The van der Waals surface area contributed by atoms with Gasteiger partial charge in [-0.15, -0.1) is 0 Å². The van der Waals surface area contributed by atoms with Gasteiger partial charge in [0.25, 0.3) is 5.22 Å². The maximum atomic E-state index is 9.73. The third-order valence-corrected chi connectivity index (χ3v) is 3.11. The Kier molecular flexibility index (Phi) is 4.49. The van der Waals surface area contributed by atoms with Crippen molar-refractivity contribution >= 4 is 17.4 Å². The molecule has 1 heterocycles. The summed E-state index contributed by atoms with van der Waals surface area (Å²) in [5, 5.41) is 10.3. The Morgan fingerprint density at radius 1 is 1.50 bits per heavy atom. The molecule has 0 aliphatic rings. The van der Waals surface area contributed by atoms with Crippen LogP contribution in [0.3, 0.4) is 0 Å². The van der Waals surface area contributed by atoms with Gasteiger partial charge in [0, 0.05) is 17.5 Å². The monoisotopic (exact) mass is 266 g/mol. The number of aliphatic hydroxyl groups excluding tert-OH is 1. The second-order valence-electron chi connectivity index (χ2n) is 3.65. The van der Waals surface area contributed by atoms with Crippen LogP contribution < -0.4 is 10.5 Å². The van der Waals surface area contributed by atoms with Crippen LogP contribution in [0.2, 0.25) is 0 Å². The largest absolute Gasteiger partial charge is 0.491 e. The van der Waals surface area contributed by atoms with Gasteiger partial charge in [0.05, 0.1) is 12.3 Å². The van der Waals surface area contributed by atoms with Crippen LogP contribution in [-0.4, -0.2) is 28.6 Å². The van der Waals surface area contributed by atoms with Crippen molar-refractivity contribution in [2.45, 2.75) is 11.3 Å². The van der Waals surface area contributed by atoms with Gasteiger partial charge in [0.1, 0.15) is 18.6 Å². The molecule has 0 amide bonds. The molecule has 18 heavy (non-hydrogen) atoms. The van der Waals surface area contributed by atoms with Crippen LogP contribution in [0.5, 0.6) is 5.75 Å². The second kappa shape index (κ2) is 6.32. The highest BCUT2D eigenvalue weighted by molar-refractivity contribution is 7.99. The molecular formula is C12H14N2O3S. The van der Waals surface area contributed by atoms with Gasteiger partial charge in [-0.1, -0.05) is 17.8 Å². The zero-order valence-corrected chi connectivity index (χ0v) is 10.5. The lowest BCUT2D eigenvalue weighted by Gasteiger charge is -2.11. The number of nitrogens with two attached hydrogens (primary N) is 1. The van der Waals surface area contributed by atoms with Crippen LogP contribution in [0.1, 0.15) is 0 Å². The van der Waals surface area contributed by atoms with E-state index in [1.54, 1.807) is 30.5 Å². The molecule has 0 saturated heterocycles. The molecule has 1 aromatic heterocycles. The molecule has 0 saturated carbocycles. The molecule has 1 aromatic carbocycles. The highest BCUT2D eigenvalue weighted by atomic mass is 32.2.